The van der Waals surface area contributed by atoms with Crippen molar-refractivity contribution in [3.8, 4) is 0 Å². The topological polar surface area (TPSA) is 0 Å². The quantitative estimate of drug-likeness (QED) is 0.282. The van der Waals surface area contributed by atoms with Crippen molar-refractivity contribution >= 4 is 27.7 Å². The van der Waals surface area contributed by atoms with Gasteiger partial charge < -0.3 is 0 Å². The van der Waals surface area contributed by atoms with Gasteiger partial charge in [0.25, 0.3) is 0 Å². The first-order valence-electron chi connectivity index (χ1n) is 7.68. The molecule has 0 aromatic heterocycles. The van der Waals surface area contributed by atoms with Gasteiger partial charge in [-0.3, -0.25) is 0 Å². The van der Waals surface area contributed by atoms with Gasteiger partial charge in [-0.2, -0.15) is 0 Å². The van der Waals surface area contributed by atoms with Crippen molar-refractivity contribution in [1.82, 2.24) is 0 Å². The fraction of sp³-hybridized carbons (Fsp3) is 0.300. The summed E-state index contributed by atoms with van der Waals surface area (Å²) >= 11 is 5.58. The van der Waals surface area contributed by atoms with Crippen LogP contribution in [0.1, 0.15) is 31.2 Å². The first-order valence-corrected chi connectivity index (χ1v) is 9.59. The predicted octanol–water partition coefficient (Wildman–Crippen LogP) is 6.68. The van der Waals surface area contributed by atoms with E-state index in [2.05, 4.69) is 90.1 Å². The van der Waals surface area contributed by atoms with Crippen LogP contribution < -0.4 is 0 Å². The molecule has 0 amide bonds. The second-order valence-electron chi connectivity index (χ2n) is 5.68. The molecule has 116 valence electrons. The van der Waals surface area contributed by atoms with E-state index >= 15 is 0 Å². The van der Waals surface area contributed by atoms with Crippen LogP contribution in [-0.2, 0) is 0 Å². The Morgan fingerprint density at radius 1 is 1.05 bits per heavy atom. The fourth-order valence-electron chi connectivity index (χ4n) is 2.56. The summed E-state index contributed by atoms with van der Waals surface area (Å²) in [6.07, 6.45) is 2.19. The predicted molar refractivity (Wildman–Crippen MR) is 103 cm³/mol. The number of hydrogen-bond donors (Lipinski definition) is 0. The Morgan fingerprint density at radius 3 is 2.23 bits per heavy atom. The highest BCUT2D eigenvalue weighted by molar-refractivity contribution is 9.09. The van der Waals surface area contributed by atoms with E-state index in [-0.39, 0.29) is 0 Å². The molecule has 0 radical (unpaired) electrons. The fourth-order valence-corrected chi connectivity index (χ4v) is 3.85. The number of thioether (sulfide) groups is 1. The minimum atomic E-state index is 0.521. The maximum absolute atomic E-state index is 4.31. The average molecular weight is 375 g/mol. The van der Waals surface area contributed by atoms with Gasteiger partial charge in [0, 0.05) is 15.5 Å². The van der Waals surface area contributed by atoms with Gasteiger partial charge in [-0.1, -0.05) is 83.5 Å². The molecule has 0 aliphatic heterocycles. The molecule has 22 heavy (non-hydrogen) atoms. The first kappa shape index (κ1) is 17.4. The van der Waals surface area contributed by atoms with Crippen molar-refractivity contribution in [1.29, 1.82) is 0 Å². The van der Waals surface area contributed by atoms with Crippen LogP contribution in [0.15, 0.2) is 77.7 Å². The molecule has 2 atom stereocenters. The Hall–Kier alpha value is -0.990. The minimum Gasteiger partial charge on any atom is -0.122 e. The molecule has 0 bridgehead atoms. The van der Waals surface area contributed by atoms with E-state index < -0.39 is 0 Å². The first-order chi connectivity index (χ1) is 10.6. The third-order valence-corrected chi connectivity index (χ3v) is 5.13. The molecule has 0 saturated carbocycles. The van der Waals surface area contributed by atoms with Crippen LogP contribution >= 0.6 is 27.7 Å². The minimum absolute atomic E-state index is 0.521. The largest absolute Gasteiger partial charge is 0.122 e. The third kappa shape index (κ3) is 6.02. The number of rotatable bonds is 8. The SMILES string of the molecule is C=C(CSc1ccccc1)CC(CC(C)Br)c1ccccc1. The Bertz CT molecular complexity index is 563. The van der Waals surface area contributed by atoms with Gasteiger partial charge >= 0.3 is 0 Å². The zero-order chi connectivity index (χ0) is 15.8. The van der Waals surface area contributed by atoms with Gasteiger partial charge in [0.05, 0.1) is 0 Å². The molecule has 2 rings (SSSR count). The summed E-state index contributed by atoms with van der Waals surface area (Å²) in [6.45, 7) is 6.53. The van der Waals surface area contributed by atoms with E-state index in [4.69, 9.17) is 0 Å². The summed E-state index contributed by atoms with van der Waals surface area (Å²) in [6, 6.07) is 21.4. The third-order valence-electron chi connectivity index (χ3n) is 3.60. The molecule has 2 aromatic rings. The Balaban J connectivity index is 1.93. The van der Waals surface area contributed by atoms with Gasteiger partial charge in [0.1, 0.15) is 0 Å². The summed E-state index contributed by atoms with van der Waals surface area (Å²) in [4.78, 5) is 1.83. The van der Waals surface area contributed by atoms with Crippen molar-refractivity contribution in [2.24, 2.45) is 0 Å². The molecule has 0 saturated heterocycles. The lowest BCUT2D eigenvalue weighted by atomic mass is 9.89. The summed E-state index contributed by atoms with van der Waals surface area (Å²) in [5.74, 6) is 1.53. The van der Waals surface area contributed by atoms with Crippen molar-refractivity contribution in [3.05, 3.63) is 78.4 Å². The number of alkyl halides is 1. The second kappa shape index (κ2) is 9.22. The summed E-state index contributed by atoms with van der Waals surface area (Å²) in [5, 5.41) is 0. The molecule has 0 spiro atoms. The van der Waals surface area contributed by atoms with Gasteiger partial charge in [-0.25, -0.2) is 0 Å². The maximum atomic E-state index is 4.31. The maximum Gasteiger partial charge on any atom is 0.0188 e. The van der Waals surface area contributed by atoms with E-state index in [0.29, 0.717) is 10.7 Å². The standard InChI is InChI=1S/C20H23BrS/c1-16(15-22-20-11-7-4-8-12-20)13-19(14-17(2)21)18-9-5-3-6-10-18/h3-12,17,19H,1,13-15H2,2H3. The van der Waals surface area contributed by atoms with E-state index in [0.717, 1.165) is 18.6 Å². The highest BCUT2D eigenvalue weighted by atomic mass is 79.9. The molecular formula is C20H23BrS. The van der Waals surface area contributed by atoms with Crippen molar-refractivity contribution in [2.75, 3.05) is 5.75 Å². The van der Waals surface area contributed by atoms with Crippen LogP contribution in [0.25, 0.3) is 0 Å². The van der Waals surface area contributed by atoms with Crippen LogP contribution in [0.4, 0.5) is 0 Å². The number of benzene rings is 2. The molecular weight excluding hydrogens is 352 g/mol. The Morgan fingerprint density at radius 2 is 1.64 bits per heavy atom. The lowest BCUT2D eigenvalue weighted by molar-refractivity contribution is 0.622. The number of hydrogen-bond acceptors (Lipinski definition) is 1. The normalized spacial score (nSPS) is 13.5. The molecule has 0 aliphatic carbocycles. The second-order valence-corrected chi connectivity index (χ2v) is 8.29. The van der Waals surface area contributed by atoms with E-state index in [1.54, 1.807) is 0 Å². The molecule has 2 aromatic carbocycles. The molecule has 2 unspecified atom stereocenters. The molecule has 0 fully saturated rings. The van der Waals surface area contributed by atoms with Gasteiger partial charge in [0.2, 0.25) is 0 Å². The lowest BCUT2D eigenvalue weighted by Gasteiger charge is -2.20. The van der Waals surface area contributed by atoms with Crippen LogP contribution in [0, 0.1) is 0 Å². The molecule has 0 nitrogen and oxygen atoms in total. The summed E-state index contributed by atoms with van der Waals surface area (Å²) in [5.41, 5.74) is 2.73. The van der Waals surface area contributed by atoms with Crippen LogP contribution in [0.3, 0.4) is 0 Å². The van der Waals surface area contributed by atoms with Crippen molar-refractivity contribution in [3.63, 3.8) is 0 Å². The molecule has 2 heteroatoms. The van der Waals surface area contributed by atoms with Crippen LogP contribution in [0.5, 0.6) is 0 Å². The highest BCUT2D eigenvalue weighted by Gasteiger charge is 2.15. The van der Waals surface area contributed by atoms with Gasteiger partial charge in [-0.05, 0) is 36.5 Å². The summed E-state index contributed by atoms with van der Waals surface area (Å²) in [7, 11) is 0. The smallest absolute Gasteiger partial charge is 0.0188 e. The monoisotopic (exact) mass is 374 g/mol. The van der Waals surface area contributed by atoms with Gasteiger partial charge in [0.15, 0.2) is 0 Å². The van der Waals surface area contributed by atoms with Crippen LogP contribution in [0.2, 0.25) is 0 Å². The zero-order valence-electron chi connectivity index (χ0n) is 13.0. The Kier molecular flexibility index (Phi) is 7.28. The lowest BCUT2D eigenvalue weighted by Crippen LogP contribution is -2.06. The highest BCUT2D eigenvalue weighted by Crippen LogP contribution is 2.31. The average Bonchev–Trinajstić information content (AvgIpc) is 2.54. The van der Waals surface area contributed by atoms with Crippen molar-refractivity contribution < 1.29 is 0 Å². The van der Waals surface area contributed by atoms with E-state index in [1.165, 1.54) is 16.0 Å². The number of halogens is 1. The van der Waals surface area contributed by atoms with E-state index in [1.807, 2.05) is 11.8 Å². The molecule has 0 N–H and O–H groups in total. The van der Waals surface area contributed by atoms with Crippen LogP contribution in [-0.4, -0.2) is 10.6 Å². The zero-order valence-corrected chi connectivity index (χ0v) is 15.4. The molecule has 0 heterocycles. The van der Waals surface area contributed by atoms with Crippen molar-refractivity contribution in [2.45, 2.75) is 35.4 Å². The molecule has 0 aliphatic rings. The van der Waals surface area contributed by atoms with E-state index in [9.17, 15) is 0 Å². The van der Waals surface area contributed by atoms with Gasteiger partial charge in [-0.15, -0.1) is 11.8 Å². The summed E-state index contributed by atoms with van der Waals surface area (Å²) < 4.78 is 0. The Labute approximate surface area is 147 Å².